The molecule has 102 valence electrons. The molecule has 0 aliphatic carbocycles. The summed E-state index contributed by atoms with van der Waals surface area (Å²) in [5.41, 5.74) is 0.464. The van der Waals surface area contributed by atoms with Gasteiger partial charge in [-0.3, -0.25) is 9.69 Å². The van der Waals surface area contributed by atoms with Crippen molar-refractivity contribution in [3.63, 3.8) is 0 Å². The summed E-state index contributed by atoms with van der Waals surface area (Å²) in [6.07, 6.45) is 6.44. The van der Waals surface area contributed by atoms with Crippen LogP contribution in [0.3, 0.4) is 0 Å². The van der Waals surface area contributed by atoms with Gasteiger partial charge in [-0.15, -0.1) is 0 Å². The van der Waals surface area contributed by atoms with Crippen LogP contribution in [0.1, 0.15) is 32.1 Å². The topological polar surface area (TPSA) is 35.6 Å². The first kappa shape index (κ1) is 12.4. The molecule has 1 N–H and O–H groups in total. The molecule has 4 heteroatoms. The molecule has 4 nitrogen and oxygen atoms in total. The second kappa shape index (κ2) is 5.17. The maximum atomic E-state index is 12.0. The Kier molecular flexibility index (Phi) is 3.57. The summed E-state index contributed by atoms with van der Waals surface area (Å²) < 4.78 is 0. The van der Waals surface area contributed by atoms with Gasteiger partial charge in [0.1, 0.15) is 0 Å². The van der Waals surface area contributed by atoms with Gasteiger partial charge in [0.25, 0.3) is 0 Å². The van der Waals surface area contributed by atoms with Gasteiger partial charge in [-0.05, 0) is 50.6 Å². The maximum absolute atomic E-state index is 12.0. The standard InChI is InChI=1S/C14H25N3O/c18-13(17-8-3-9-17)10-16-7-2-5-14(12-16)4-1-6-15-11-14/h15H,1-12H2. The minimum Gasteiger partial charge on any atom is -0.341 e. The Balaban J connectivity index is 1.54. The van der Waals surface area contributed by atoms with E-state index in [1.54, 1.807) is 0 Å². The third-order valence-electron chi connectivity index (χ3n) is 4.87. The summed E-state index contributed by atoms with van der Waals surface area (Å²) in [7, 11) is 0. The highest BCUT2D eigenvalue weighted by molar-refractivity contribution is 5.78. The second-order valence-corrected chi connectivity index (χ2v) is 6.33. The first-order valence-corrected chi connectivity index (χ1v) is 7.48. The van der Waals surface area contributed by atoms with Crippen LogP contribution < -0.4 is 5.32 Å². The average Bonchev–Trinajstić information content (AvgIpc) is 2.27. The van der Waals surface area contributed by atoms with Crippen molar-refractivity contribution < 1.29 is 4.79 Å². The molecule has 0 aromatic rings. The zero-order valence-electron chi connectivity index (χ0n) is 11.3. The van der Waals surface area contributed by atoms with E-state index in [9.17, 15) is 4.79 Å². The van der Waals surface area contributed by atoms with Crippen LogP contribution in [0.15, 0.2) is 0 Å². The number of nitrogens with zero attached hydrogens (tertiary/aromatic N) is 2. The molecule has 0 bridgehead atoms. The molecule has 0 saturated carbocycles. The fraction of sp³-hybridized carbons (Fsp3) is 0.929. The van der Waals surface area contributed by atoms with Crippen LogP contribution in [0.5, 0.6) is 0 Å². The van der Waals surface area contributed by atoms with Crippen molar-refractivity contribution in [2.75, 3.05) is 45.8 Å². The number of piperidine rings is 2. The normalized spacial score (nSPS) is 33.4. The number of rotatable bonds is 2. The molecule has 3 heterocycles. The van der Waals surface area contributed by atoms with Crippen LogP contribution in [0.25, 0.3) is 0 Å². The highest BCUT2D eigenvalue weighted by Crippen LogP contribution is 2.35. The highest BCUT2D eigenvalue weighted by Gasteiger charge is 2.37. The van der Waals surface area contributed by atoms with Crippen molar-refractivity contribution >= 4 is 5.91 Å². The lowest BCUT2D eigenvalue weighted by Gasteiger charge is -2.46. The summed E-state index contributed by atoms with van der Waals surface area (Å²) in [5.74, 6) is 0.349. The predicted molar refractivity (Wildman–Crippen MR) is 71.4 cm³/mol. The number of amides is 1. The molecule has 0 aromatic carbocycles. The molecule has 1 spiro atoms. The Morgan fingerprint density at radius 2 is 1.94 bits per heavy atom. The fourth-order valence-corrected chi connectivity index (χ4v) is 3.68. The van der Waals surface area contributed by atoms with Gasteiger partial charge in [0.05, 0.1) is 6.54 Å². The third kappa shape index (κ3) is 2.54. The van der Waals surface area contributed by atoms with Crippen molar-refractivity contribution in [3.05, 3.63) is 0 Å². The number of hydrogen-bond donors (Lipinski definition) is 1. The fourth-order valence-electron chi connectivity index (χ4n) is 3.68. The van der Waals surface area contributed by atoms with Crippen molar-refractivity contribution in [2.45, 2.75) is 32.1 Å². The van der Waals surface area contributed by atoms with E-state index in [1.807, 2.05) is 4.90 Å². The van der Waals surface area contributed by atoms with Crippen LogP contribution in [0.2, 0.25) is 0 Å². The van der Waals surface area contributed by atoms with E-state index < -0.39 is 0 Å². The van der Waals surface area contributed by atoms with Crippen LogP contribution in [0, 0.1) is 5.41 Å². The maximum Gasteiger partial charge on any atom is 0.236 e. The van der Waals surface area contributed by atoms with Gasteiger partial charge in [0.2, 0.25) is 5.91 Å². The minimum atomic E-state index is 0.349. The lowest BCUT2D eigenvalue weighted by Crippen LogP contribution is -2.54. The van der Waals surface area contributed by atoms with E-state index in [4.69, 9.17) is 0 Å². The van der Waals surface area contributed by atoms with Gasteiger partial charge in [0.15, 0.2) is 0 Å². The molecule has 18 heavy (non-hydrogen) atoms. The molecule has 3 saturated heterocycles. The molecule has 1 atom stereocenters. The molecule has 3 rings (SSSR count). The molecule has 0 aromatic heterocycles. The van der Waals surface area contributed by atoms with E-state index in [2.05, 4.69) is 10.2 Å². The summed E-state index contributed by atoms with van der Waals surface area (Å²) in [6, 6.07) is 0. The summed E-state index contributed by atoms with van der Waals surface area (Å²) >= 11 is 0. The van der Waals surface area contributed by atoms with E-state index >= 15 is 0 Å². The molecular weight excluding hydrogens is 226 g/mol. The molecule has 3 aliphatic rings. The van der Waals surface area contributed by atoms with Crippen LogP contribution in [-0.2, 0) is 4.79 Å². The molecular formula is C14H25N3O. The van der Waals surface area contributed by atoms with Gasteiger partial charge >= 0.3 is 0 Å². The zero-order valence-corrected chi connectivity index (χ0v) is 11.3. The SMILES string of the molecule is O=C(CN1CCCC2(CCCNC2)C1)N1CCC1. The van der Waals surface area contributed by atoms with Crippen molar-refractivity contribution in [1.29, 1.82) is 0 Å². The number of hydrogen-bond acceptors (Lipinski definition) is 3. The van der Waals surface area contributed by atoms with E-state index in [0.29, 0.717) is 17.9 Å². The minimum absolute atomic E-state index is 0.349. The largest absolute Gasteiger partial charge is 0.341 e. The summed E-state index contributed by atoms with van der Waals surface area (Å²) in [6.45, 7) is 7.19. The van der Waals surface area contributed by atoms with E-state index in [-0.39, 0.29) is 0 Å². The highest BCUT2D eigenvalue weighted by atomic mass is 16.2. The van der Waals surface area contributed by atoms with Gasteiger partial charge in [0, 0.05) is 26.2 Å². The summed E-state index contributed by atoms with van der Waals surface area (Å²) in [4.78, 5) is 16.4. The van der Waals surface area contributed by atoms with Crippen molar-refractivity contribution in [3.8, 4) is 0 Å². The molecule has 3 fully saturated rings. The Labute approximate surface area is 110 Å². The Morgan fingerprint density at radius 3 is 2.61 bits per heavy atom. The number of carbonyl (C=O) groups is 1. The van der Waals surface area contributed by atoms with E-state index in [0.717, 1.165) is 32.7 Å². The quantitative estimate of drug-likeness (QED) is 0.784. The third-order valence-corrected chi connectivity index (χ3v) is 4.87. The molecule has 1 amide bonds. The monoisotopic (exact) mass is 251 g/mol. The second-order valence-electron chi connectivity index (χ2n) is 6.33. The number of carbonyl (C=O) groups excluding carboxylic acids is 1. The first-order chi connectivity index (χ1) is 8.77. The smallest absolute Gasteiger partial charge is 0.236 e. The van der Waals surface area contributed by atoms with Gasteiger partial charge in [-0.2, -0.15) is 0 Å². The Bertz CT molecular complexity index is 303. The van der Waals surface area contributed by atoms with Gasteiger partial charge < -0.3 is 10.2 Å². The van der Waals surface area contributed by atoms with Crippen molar-refractivity contribution in [1.82, 2.24) is 15.1 Å². The number of nitrogens with one attached hydrogen (secondary N) is 1. The predicted octanol–water partition coefficient (Wildman–Crippen LogP) is 0.684. The molecule has 0 radical (unpaired) electrons. The first-order valence-electron chi connectivity index (χ1n) is 7.48. The molecule has 3 aliphatic heterocycles. The lowest BCUT2D eigenvalue weighted by molar-refractivity contribution is -0.136. The summed E-state index contributed by atoms with van der Waals surface area (Å²) in [5, 5.41) is 3.54. The Hall–Kier alpha value is -0.610. The van der Waals surface area contributed by atoms with Crippen LogP contribution >= 0.6 is 0 Å². The Morgan fingerprint density at radius 1 is 1.11 bits per heavy atom. The van der Waals surface area contributed by atoms with E-state index in [1.165, 1.54) is 38.6 Å². The lowest BCUT2D eigenvalue weighted by atomic mass is 9.74. The van der Waals surface area contributed by atoms with Crippen molar-refractivity contribution in [2.24, 2.45) is 5.41 Å². The van der Waals surface area contributed by atoms with Crippen LogP contribution in [0.4, 0.5) is 0 Å². The van der Waals surface area contributed by atoms with Gasteiger partial charge in [-0.25, -0.2) is 0 Å². The molecule has 1 unspecified atom stereocenters. The zero-order chi connectivity index (χ0) is 12.4. The van der Waals surface area contributed by atoms with Gasteiger partial charge in [-0.1, -0.05) is 0 Å². The number of likely N-dealkylation sites (tertiary alicyclic amines) is 2. The van der Waals surface area contributed by atoms with Crippen LogP contribution in [-0.4, -0.2) is 61.5 Å². The average molecular weight is 251 g/mol.